The zero-order chi connectivity index (χ0) is 17.6. The van der Waals surface area contributed by atoms with Crippen molar-refractivity contribution >= 4 is 28.7 Å². The van der Waals surface area contributed by atoms with Crippen molar-refractivity contribution in [2.24, 2.45) is 0 Å². The fourth-order valence-corrected chi connectivity index (χ4v) is 3.51. The zero-order valence-corrected chi connectivity index (χ0v) is 16.0. The molecular formula is C21H27N3S. The number of rotatable bonds is 5. The van der Waals surface area contributed by atoms with Gasteiger partial charge in [0, 0.05) is 38.1 Å². The van der Waals surface area contributed by atoms with Crippen molar-refractivity contribution in [3.8, 4) is 0 Å². The van der Waals surface area contributed by atoms with Crippen LogP contribution in [0.15, 0.2) is 48.5 Å². The Morgan fingerprint density at radius 3 is 2.64 bits per heavy atom. The average Bonchev–Trinajstić information content (AvgIpc) is 3.16. The summed E-state index contributed by atoms with van der Waals surface area (Å²) in [5, 5.41) is 4.12. The van der Waals surface area contributed by atoms with Gasteiger partial charge in [-0.2, -0.15) is 0 Å². The van der Waals surface area contributed by atoms with E-state index in [0.717, 1.165) is 36.9 Å². The molecule has 0 saturated carbocycles. The molecule has 25 heavy (non-hydrogen) atoms. The van der Waals surface area contributed by atoms with Gasteiger partial charge < -0.3 is 15.1 Å². The molecule has 1 fully saturated rings. The number of benzene rings is 2. The quantitative estimate of drug-likeness (QED) is 0.787. The molecule has 1 heterocycles. The average molecular weight is 354 g/mol. The summed E-state index contributed by atoms with van der Waals surface area (Å²) in [6.45, 7) is 5.30. The molecule has 1 saturated heterocycles. The van der Waals surface area contributed by atoms with E-state index in [-0.39, 0.29) is 0 Å². The first kappa shape index (κ1) is 17.7. The number of thiocarbonyl (C=S) groups is 1. The van der Waals surface area contributed by atoms with Gasteiger partial charge in [0.25, 0.3) is 0 Å². The Labute approximate surface area is 156 Å². The smallest absolute Gasteiger partial charge is 0.173 e. The van der Waals surface area contributed by atoms with E-state index in [2.05, 4.69) is 77.6 Å². The molecule has 0 radical (unpaired) electrons. The van der Waals surface area contributed by atoms with Crippen molar-refractivity contribution in [2.45, 2.75) is 32.7 Å². The van der Waals surface area contributed by atoms with Crippen molar-refractivity contribution < 1.29 is 0 Å². The standard InChI is InChI=1S/C21H27N3S/c1-3-17-9-8-11-19(15-17)22-21(25)23(2)16-18-10-4-5-12-20(18)24-13-6-7-14-24/h4-5,8-12,15H,3,6-7,13-14,16H2,1-2H3,(H,22,25). The summed E-state index contributed by atoms with van der Waals surface area (Å²) in [7, 11) is 2.06. The Balaban J connectivity index is 1.67. The highest BCUT2D eigenvalue weighted by Gasteiger charge is 2.16. The summed E-state index contributed by atoms with van der Waals surface area (Å²) in [4.78, 5) is 4.60. The van der Waals surface area contributed by atoms with Crippen molar-refractivity contribution in [3.05, 3.63) is 59.7 Å². The number of hydrogen-bond donors (Lipinski definition) is 1. The first-order chi connectivity index (χ1) is 12.2. The number of anilines is 2. The number of nitrogens with zero attached hydrogens (tertiary/aromatic N) is 2. The van der Waals surface area contributed by atoms with Crippen LogP contribution in [0.1, 0.15) is 30.9 Å². The monoisotopic (exact) mass is 353 g/mol. The van der Waals surface area contributed by atoms with Crippen molar-refractivity contribution in [1.82, 2.24) is 4.90 Å². The summed E-state index contributed by atoms with van der Waals surface area (Å²) in [6, 6.07) is 17.1. The summed E-state index contributed by atoms with van der Waals surface area (Å²) in [5.74, 6) is 0. The van der Waals surface area contributed by atoms with Crippen LogP contribution in [0, 0.1) is 0 Å². The van der Waals surface area contributed by atoms with E-state index in [9.17, 15) is 0 Å². The van der Waals surface area contributed by atoms with Crippen molar-refractivity contribution in [3.63, 3.8) is 0 Å². The minimum atomic E-state index is 0.754. The number of nitrogens with one attached hydrogen (secondary N) is 1. The third-order valence-corrected chi connectivity index (χ3v) is 5.19. The molecule has 3 nitrogen and oxygen atoms in total. The lowest BCUT2D eigenvalue weighted by molar-refractivity contribution is 0.508. The maximum absolute atomic E-state index is 5.62. The van der Waals surface area contributed by atoms with Gasteiger partial charge in [-0.3, -0.25) is 0 Å². The van der Waals surface area contributed by atoms with Crippen LogP contribution in [0.5, 0.6) is 0 Å². The minimum Gasteiger partial charge on any atom is -0.371 e. The van der Waals surface area contributed by atoms with Gasteiger partial charge in [-0.1, -0.05) is 37.3 Å². The van der Waals surface area contributed by atoms with Gasteiger partial charge >= 0.3 is 0 Å². The van der Waals surface area contributed by atoms with Gasteiger partial charge in [0.15, 0.2) is 5.11 Å². The highest BCUT2D eigenvalue weighted by Crippen LogP contribution is 2.25. The normalized spacial score (nSPS) is 13.8. The van der Waals surface area contributed by atoms with Crippen LogP contribution in [-0.2, 0) is 13.0 Å². The SMILES string of the molecule is CCc1cccc(NC(=S)N(C)Cc2ccccc2N2CCCC2)c1. The number of para-hydroxylation sites is 1. The van der Waals surface area contributed by atoms with Crippen molar-refractivity contribution in [1.29, 1.82) is 0 Å². The molecule has 0 atom stereocenters. The Morgan fingerprint density at radius 1 is 1.12 bits per heavy atom. The van der Waals surface area contributed by atoms with Crippen molar-refractivity contribution in [2.75, 3.05) is 30.4 Å². The van der Waals surface area contributed by atoms with Crippen LogP contribution in [0.2, 0.25) is 0 Å². The van der Waals surface area contributed by atoms with Crippen LogP contribution < -0.4 is 10.2 Å². The third kappa shape index (κ3) is 4.51. The third-order valence-electron chi connectivity index (χ3n) is 4.78. The molecule has 2 aromatic rings. The summed E-state index contributed by atoms with van der Waals surface area (Å²) >= 11 is 5.62. The summed E-state index contributed by atoms with van der Waals surface area (Å²) in [5.41, 5.74) is 5.06. The van der Waals surface area contributed by atoms with E-state index in [1.54, 1.807) is 0 Å². The molecule has 0 aliphatic carbocycles. The Bertz CT molecular complexity index is 723. The van der Waals surface area contributed by atoms with Crippen LogP contribution in [0.3, 0.4) is 0 Å². The highest BCUT2D eigenvalue weighted by molar-refractivity contribution is 7.80. The van der Waals surface area contributed by atoms with Crippen LogP contribution in [-0.4, -0.2) is 30.1 Å². The first-order valence-corrected chi connectivity index (χ1v) is 9.52. The van der Waals surface area contributed by atoms with Gasteiger partial charge in [0.2, 0.25) is 0 Å². The van der Waals surface area contributed by atoms with Crippen LogP contribution >= 0.6 is 12.2 Å². The molecule has 0 unspecified atom stereocenters. The second-order valence-electron chi connectivity index (χ2n) is 6.66. The first-order valence-electron chi connectivity index (χ1n) is 9.11. The van der Waals surface area contributed by atoms with E-state index in [1.165, 1.54) is 29.7 Å². The molecule has 1 aliphatic heterocycles. The van der Waals surface area contributed by atoms with Crippen LogP contribution in [0.25, 0.3) is 0 Å². The van der Waals surface area contributed by atoms with E-state index in [4.69, 9.17) is 12.2 Å². The molecule has 1 aliphatic rings. The molecule has 3 rings (SSSR count). The molecule has 2 aromatic carbocycles. The Morgan fingerprint density at radius 2 is 1.88 bits per heavy atom. The molecule has 0 spiro atoms. The topological polar surface area (TPSA) is 18.5 Å². The lowest BCUT2D eigenvalue weighted by atomic mass is 10.1. The van der Waals surface area contributed by atoms with E-state index >= 15 is 0 Å². The molecule has 0 aromatic heterocycles. The van der Waals surface area contributed by atoms with Gasteiger partial charge in [-0.25, -0.2) is 0 Å². The fraction of sp³-hybridized carbons (Fsp3) is 0.381. The molecule has 132 valence electrons. The highest BCUT2D eigenvalue weighted by atomic mass is 32.1. The molecule has 4 heteroatoms. The maximum Gasteiger partial charge on any atom is 0.173 e. The van der Waals surface area contributed by atoms with E-state index in [0.29, 0.717) is 0 Å². The number of aryl methyl sites for hydroxylation is 1. The fourth-order valence-electron chi connectivity index (χ4n) is 3.33. The summed E-state index contributed by atoms with van der Waals surface area (Å²) in [6.07, 6.45) is 3.61. The maximum atomic E-state index is 5.62. The van der Waals surface area contributed by atoms with E-state index in [1.807, 2.05) is 0 Å². The summed E-state index contributed by atoms with van der Waals surface area (Å²) < 4.78 is 0. The molecular weight excluding hydrogens is 326 g/mol. The van der Waals surface area contributed by atoms with E-state index < -0.39 is 0 Å². The zero-order valence-electron chi connectivity index (χ0n) is 15.2. The van der Waals surface area contributed by atoms with Crippen LogP contribution in [0.4, 0.5) is 11.4 Å². The largest absolute Gasteiger partial charge is 0.371 e. The van der Waals surface area contributed by atoms with Gasteiger partial charge in [-0.05, 0) is 60.8 Å². The lowest BCUT2D eigenvalue weighted by Gasteiger charge is -2.26. The minimum absolute atomic E-state index is 0.754. The molecule has 1 N–H and O–H groups in total. The van der Waals surface area contributed by atoms with Gasteiger partial charge in [0.1, 0.15) is 0 Å². The molecule has 0 bridgehead atoms. The molecule has 0 amide bonds. The van der Waals surface area contributed by atoms with Gasteiger partial charge in [0.05, 0.1) is 0 Å². The van der Waals surface area contributed by atoms with Gasteiger partial charge in [-0.15, -0.1) is 0 Å². The lowest BCUT2D eigenvalue weighted by Crippen LogP contribution is -2.31. The second kappa shape index (κ2) is 8.34. The number of hydrogen-bond acceptors (Lipinski definition) is 2. The predicted molar refractivity (Wildman–Crippen MR) is 111 cm³/mol. The predicted octanol–water partition coefficient (Wildman–Crippen LogP) is 4.68. The second-order valence-corrected chi connectivity index (χ2v) is 7.05. The Kier molecular flexibility index (Phi) is 5.92. The Hall–Kier alpha value is -2.07.